The highest BCUT2D eigenvalue weighted by Gasteiger charge is 2.24. The van der Waals surface area contributed by atoms with Crippen LogP contribution in [-0.4, -0.2) is 56.7 Å². The molecule has 3 heterocycles. The highest BCUT2D eigenvalue weighted by atomic mass is 19.1. The highest BCUT2D eigenvalue weighted by Crippen LogP contribution is 2.24. The van der Waals surface area contributed by atoms with E-state index < -0.39 is 0 Å². The molecule has 184 valence electrons. The van der Waals surface area contributed by atoms with Crippen molar-refractivity contribution >= 4 is 11.7 Å². The molecule has 1 saturated heterocycles. The monoisotopic (exact) mass is 488 g/mol. The van der Waals surface area contributed by atoms with Crippen molar-refractivity contribution < 1.29 is 13.6 Å². The quantitative estimate of drug-likeness (QED) is 0.407. The van der Waals surface area contributed by atoms with E-state index in [2.05, 4.69) is 33.0 Å². The molecule has 0 radical (unpaired) electrons. The van der Waals surface area contributed by atoms with Crippen molar-refractivity contribution in [2.75, 3.05) is 31.1 Å². The Balaban J connectivity index is 1.34. The van der Waals surface area contributed by atoms with Gasteiger partial charge in [-0.15, -0.1) is 5.10 Å². The molecule has 1 aliphatic rings. The highest BCUT2D eigenvalue weighted by molar-refractivity contribution is 5.77. The second-order valence-corrected chi connectivity index (χ2v) is 8.67. The summed E-state index contributed by atoms with van der Waals surface area (Å²) in [5.74, 6) is 0.944. The predicted octanol–water partition coefficient (Wildman–Crippen LogP) is 4.20. The molecule has 5 rings (SSSR count). The van der Waals surface area contributed by atoms with Crippen LogP contribution in [0.25, 0.3) is 22.8 Å². The van der Waals surface area contributed by atoms with Crippen molar-refractivity contribution in [3.8, 4) is 22.8 Å². The third kappa shape index (κ3) is 5.10. The summed E-state index contributed by atoms with van der Waals surface area (Å²) < 4.78 is 28.4. The first-order valence-electron chi connectivity index (χ1n) is 11.9. The van der Waals surface area contributed by atoms with Crippen LogP contribution in [0.5, 0.6) is 0 Å². The van der Waals surface area contributed by atoms with Crippen molar-refractivity contribution in [1.29, 1.82) is 0 Å². The van der Waals surface area contributed by atoms with Crippen LogP contribution < -0.4 is 4.90 Å². The van der Waals surface area contributed by atoms with Gasteiger partial charge >= 0.3 is 0 Å². The van der Waals surface area contributed by atoms with Crippen molar-refractivity contribution in [1.82, 2.24) is 24.6 Å². The second kappa shape index (κ2) is 10.2. The minimum atomic E-state index is -0.364. The topological polar surface area (TPSA) is 67.2 Å². The van der Waals surface area contributed by atoms with Gasteiger partial charge in [0, 0.05) is 43.5 Å². The molecular formula is C27H26F2N6O. The van der Waals surface area contributed by atoms with Crippen LogP contribution in [-0.2, 0) is 17.8 Å². The van der Waals surface area contributed by atoms with Gasteiger partial charge in [-0.05, 0) is 72.6 Å². The van der Waals surface area contributed by atoms with Crippen LogP contribution in [0.1, 0.15) is 12.5 Å². The summed E-state index contributed by atoms with van der Waals surface area (Å²) in [5.41, 5.74) is 2.49. The zero-order valence-corrected chi connectivity index (χ0v) is 19.9. The number of hydrogen-bond acceptors (Lipinski definition) is 5. The summed E-state index contributed by atoms with van der Waals surface area (Å²) >= 11 is 0. The number of aromatic nitrogens is 4. The minimum absolute atomic E-state index is 0.00945. The molecule has 0 N–H and O–H groups in total. The number of amides is 1. The van der Waals surface area contributed by atoms with E-state index in [1.54, 1.807) is 24.3 Å². The standard InChI is InChI=1S/C27H26F2N6O/c1-2-19-11-12-30-24(17-19)33-13-15-34(16-14-33)25(36)18-35-27(21-5-9-23(29)10-6-21)31-26(32-35)20-3-7-22(28)8-4-20/h3-12,17H,2,13-16,18H2,1H3. The molecule has 1 aliphatic heterocycles. The molecule has 0 aliphatic carbocycles. The number of carbonyl (C=O) groups excluding carboxylic acids is 1. The minimum Gasteiger partial charge on any atom is -0.353 e. The van der Waals surface area contributed by atoms with Gasteiger partial charge in [0.2, 0.25) is 5.91 Å². The number of piperazine rings is 1. The molecule has 36 heavy (non-hydrogen) atoms. The van der Waals surface area contributed by atoms with Gasteiger partial charge in [0.1, 0.15) is 24.0 Å². The van der Waals surface area contributed by atoms with E-state index in [9.17, 15) is 13.6 Å². The van der Waals surface area contributed by atoms with Crippen LogP contribution in [0, 0.1) is 11.6 Å². The molecule has 9 heteroatoms. The molecule has 0 spiro atoms. The Bertz CT molecular complexity index is 1350. The molecule has 1 amide bonds. The normalized spacial score (nSPS) is 13.8. The van der Waals surface area contributed by atoms with Gasteiger partial charge < -0.3 is 9.80 Å². The molecule has 2 aromatic carbocycles. The number of rotatable bonds is 6. The SMILES string of the molecule is CCc1ccnc(N2CCN(C(=O)Cn3nc(-c4ccc(F)cc4)nc3-c3ccc(F)cc3)CC2)c1. The molecule has 0 unspecified atom stereocenters. The van der Waals surface area contributed by atoms with Crippen LogP contribution in [0.15, 0.2) is 66.9 Å². The largest absolute Gasteiger partial charge is 0.353 e. The zero-order chi connectivity index (χ0) is 25.1. The Labute approximate surface area is 208 Å². The van der Waals surface area contributed by atoms with Gasteiger partial charge in [0.15, 0.2) is 11.6 Å². The fourth-order valence-corrected chi connectivity index (χ4v) is 4.25. The van der Waals surface area contributed by atoms with E-state index in [0.29, 0.717) is 49.0 Å². The van der Waals surface area contributed by atoms with Gasteiger partial charge in [-0.1, -0.05) is 6.92 Å². The van der Waals surface area contributed by atoms with Gasteiger partial charge in [-0.2, -0.15) is 0 Å². The van der Waals surface area contributed by atoms with Crippen LogP contribution >= 0.6 is 0 Å². The van der Waals surface area contributed by atoms with Gasteiger partial charge in [0.05, 0.1) is 0 Å². The lowest BCUT2D eigenvalue weighted by atomic mass is 10.2. The van der Waals surface area contributed by atoms with E-state index >= 15 is 0 Å². The van der Waals surface area contributed by atoms with Gasteiger partial charge in [0.25, 0.3) is 0 Å². The molecule has 4 aromatic rings. The van der Waals surface area contributed by atoms with E-state index in [1.165, 1.54) is 34.5 Å². The molecule has 0 atom stereocenters. The number of aryl methyl sites for hydroxylation is 1. The zero-order valence-electron chi connectivity index (χ0n) is 19.9. The molecule has 1 fully saturated rings. The first-order chi connectivity index (χ1) is 17.5. The Morgan fingerprint density at radius 1 is 0.889 bits per heavy atom. The second-order valence-electron chi connectivity index (χ2n) is 8.67. The summed E-state index contributed by atoms with van der Waals surface area (Å²) in [6, 6.07) is 15.9. The lowest BCUT2D eigenvalue weighted by Gasteiger charge is -2.35. The predicted molar refractivity (Wildman–Crippen MR) is 133 cm³/mol. The van der Waals surface area contributed by atoms with E-state index in [0.717, 1.165) is 12.2 Å². The fraction of sp³-hybridized carbons (Fsp3) is 0.259. The lowest BCUT2D eigenvalue weighted by molar-refractivity contribution is -0.132. The van der Waals surface area contributed by atoms with Crippen LogP contribution in [0.2, 0.25) is 0 Å². The van der Waals surface area contributed by atoms with Crippen LogP contribution in [0.4, 0.5) is 14.6 Å². The first kappa shape index (κ1) is 23.6. The molecule has 2 aromatic heterocycles. The molecule has 7 nitrogen and oxygen atoms in total. The number of anilines is 1. The molecular weight excluding hydrogens is 462 g/mol. The Hall–Kier alpha value is -4.14. The van der Waals surface area contributed by atoms with Crippen molar-refractivity contribution in [2.45, 2.75) is 19.9 Å². The third-order valence-electron chi connectivity index (χ3n) is 6.34. The van der Waals surface area contributed by atoms with Gasteiger partial charge in [-0.25, -0.2) is 23.4 Å². The van der Waals surface area contributed by atoms with Crippen molar-refractivity contribution in [2.24, 2.45) is 0 Å². The van der Waals surface area contributed by atoms with E-state index in [-0.39, 0.29) is 24.1 Å². The average molecular weight is 489 g/mol. The summed E-state index contributed by atoms with van der Waals surface area (Å²) in [6.07, 6.45) is 2.77. The number of hydrogen-bond donors (Lipinski definition) is 0. The Morgan fingerprint density at radius 3 is 2.17 bits per heavy atom. The summed E-state index contributed by atoms with van der Waals surface area (Å²) in [7, 11) is 0. The number of pyridine rings is 1. The smallest absolute Gasteiger partial charge is 0.244 e. The maximum atomic E-state index is 13.5. The summed E-state index contributed by atoms with van der Waals surface area (Å²) in [4.78, 5) is 26.3. The van der Waals surface area contributed by atoms with E-state index in [1.807, 2.05) is 17.2 Å². The number of carbonyl (C=O) groups is 1. The molecule has 0 bridgehead atoms. The third-order valence-corrected chi connectivity index (χ3v) is 6.34. The van der Waals surface area contributed by atoms with E-state index in [4.69, 9.17) is 0 Å². The average Bonchev–Trinajstić information content (AvgIpc) is 3.33. The van der Waals surface area contributed by atoms with Crippen molar-refractivity contribution in [3.05, 3.63) is 84.1 Å². The first-order valence-corrected chi connectivity index (χ1v) is 11.9. The summed E-state index contributed by atoms with van der Waals surface area (Å²) in [6.45, 7) is 4.63. The Kier molecular flexibility index (Phi) is 6.71. The number of benzene rings is 2. The maximum absolute atomic E-state index is 13.5. The number of halogens is 2. The van der Waals surface area contributed by atoms with Crippen molar-refractivity contribution in [3.63, 3.8) is 0 Å². The maximum Gasteiger partial charge on any atom is 0.244 e. The lowest BCUT2D eigenvalue weighted by Crippen LogP contribution is -2.50. The van der Waals surface area contributed by atoms with Gasteiger partial charge in [-0.3, -0.25) is 4.79 Å². The Morgan fingerprint density at radius 2 is 1.53 bits per heavy atom. The number of nitrogens with zero attached hydrogens (tertiary/aromatic N) is 6. The molecule has 0 saturated carbocycles. The fourth-order valence-electron chi connectivity index (χ4n) is 4.25. The summed E-state index contributed by atoms with van der Waals surface area (Å²) in [5, 5.41) is 4.55. The van der Waals surface area contributed by atoms with Crippen LogP contribution in [0.3, 0.4) is 0 Å².